The van der Waals surface area contributed by atoms with E-state index in [4.69, 9.17) is 10.5 Å². The van der Waals surface area contributed by atoms with Crippen LogP contribution in [-0.4, -0.2) is 35.3 Å². The minimum atomic E-state index is -0.465. The summed E-state index contributed by atoms with van der Waals surface area (Å²) in [6, 6.07) is 9.49. The number of amides is 1. The first-order chi connectivity index (χ1) is 12.6. The van der Waals surface area contributed by atoms with Crippen LogP contribution in [0.15, 0.2) is 47.6 Å². The molecule has 0 aliphatic carbocycles. The number of carbonyl (C=O) groups is 1. The highest BCUT2D eigenvalue weighted by Gasteiger charge is 2.17. The number of fused-ring (bicyclic) bond motifs is 4. The van der Waals surface area contributed by atoms with Gasteiger partial charge in [0.05, 0.1) is 12.1 Å². The van der Waals surface area contributed by atoms with Crippen molar-refractivity contribution >= 4 is 17.7 Å². The Kier molecular flexibility index (Phi) is 6.52. The summed E-state index contributed by atoms with van der Waals surface area (Å²) < 4.78 is 5.99. The monoisotopic (exact) mass is 371 g/mol. The molecular weight excluding hydrogens is 346 g/mol. The van der Waals surface area contributed by atoms with Gasteiger partial charge in [-0.3, -0.25) is 9.78 Å². The highest BCUT2D eigenvalue weighted by Crippen LogP contribution is 2.32. The number of benzene rings is 1. The number of rotatable bonds is 0. The quantitative estimate of drug-likeness (QED) is 0.743. The number of nitrogens with two attached hydrogens (primary N) is 1. The van der Waals surface area contributed by atoms with E-state index < -0.39 is 6.04 Å². The van der Waals surface area contributed by atoms with Crippen molar-refractivity contribution in [1.29, 1.82) is 0 Å². The molecule has 1 amide bonds. The van der Waals surface area contributed by atoms with Crippen molar-refractivity contribution in [2.75, 3.05) is 12.4 Å². The first kappa shape index (κ1) is 18.7. The van der Waals surface area contributed by atoms with Gasteiger partial charge in [0.1, 0.15) is 12.4 Å². The van der Waals surface area contributed by atoms with E-state index in [0.29, 0.717) is 13.0 Å². The Balaban J connectivity index is 1.86. The summed E-state index contributed by atoms with van der Waals surface area (Å²) in [6.45, 7) is 2.31. The van der Waals surface area contributed by atoms with Gasteiger partial charge in [-0.15, -0.1) is 11.8 Å². The Hall–Kier alpha value is -2.05. The molecule has 0 fully saturated rings. The van der Waals surface area contributed by atoms with Crippen LogP contribution in [0.3, 0.4) is 0 Å². The van der Waals surface area contributed by atoms with Gasteiger partial charge in [0.2, 0.25) is 5.91 Å². The lowest BCUT2D eigenvalue weighted by molar-refractivity contribution is -0.123. The van der Waals surface area contributed by atoms with E-state index in [1.165, 1.54) is 0 Å². The van der Waals surface area contributed by atoms with E-state index in [2.05, 4.69) is 16.4 Å². The number of hydrogen-bond acceptors (Lipinski definition) is 5. The molecule has 3 rings (SSSR count). The molecule has 138 valence electrons. The van der Waals surface area contributed by atoms with Crippen LogP contribution >= 0.6 is 11.8 Å². The van der Waals surface area contributed by atoms with E-state index in [1.807, 2.05) is 43.6 Å². The number of carbonyl (C=O) groups excluding carboxylic acids is 1. The lowest BCUT2D eigenvalue weighted by atomic mass is 10.1. The second-order valence-electron chi connectivity index (χ2n) is 6.58. The highest BCUT2D eigenvalue weighted by atomic mass is 32.2. The smallest absolute Gasteiger partial charge is 0.237 e. The minimum Gasteiger partial charge on any atom is -0.491 e. The topological polar surface area (TPSA) is 77.2 Å². The lowest BCUT2D eigenvalue weighted by Crippen LogP contribution is -2.46. The molecule has 1 aromatic heterocycles. The van der Waals surface area contributed by atoms with Crippen LogP contribution in [0.2, 0.25) is 0 Å². The molecule has 1 aliphatic heterocycles. The van der Waals surface area contributed by atoms with E-state index in [9.17, 15) is 4.79 Å². The van der Waals surface area contributed by atoms with Crippen molar-refractivity contribution in [1.82, 2.24) is 10.3 Å². The number of hydrogen-bond donors (Lipinski definition) is 2. The molecule has 1 aromatic carbocycles. The van der Waals surface area contributed by atoms with Crippen LogP contribution in [-0.2, 0) is 4.79 Å². The Morgan fingerprint density at radius 3 is 3.00 bits per heavy atom. The van der Waals surface area contributed by atoms with Gasteiger partial charge in [-0.25, -0.2) is 0 Å². The van der Waals surface area contributed by atoms with Crippen molar-refractivity contribution < 1.29 is 9.53 Å². The van der Waals surface area contributed by atoms with Gasteiger partial charge in [0.15, 0.2) is 0 Å². The summed E-state index contributed by atoms with van der Waals surface area (Å²) in [4.78, 5) is 17.7. The van der Waals surface area contributed by atoms with Gasteiger partial charge >= 0.3 is 0 Å². The number of ether oxygens (including phenoxy) is 1. The third kappa shape index (κ3) is 4.99. The Bertz CT molecular complexity index is 753. The average Bonchev–Trinajstić information content (AvgIpc) is 2.65. The molecule has 2 atom stereocenters. The summed E-state index contributed by atoms with van der Waals surface area (Å²) in [6.07, 6.45) is 6.40. The molecule has 0 spiro atoms. The van der Waals surface area contributed by atoms with Gasteiger partial charge in [-0.05, 0) is 37.7 Å². The predicted molar refractivity (Wildman–Crippen MR) is 105 cm³/mol. The van der Waals surface area contributed by atoms with Crippen LogP contribution in [0.4, 0.5) is 0 Å². The maximum absolute atomic E-state index is 12.2. The summed E-state index contributed by atoms with van der Waals surface area (Å²) in [5.41, 5.74) is 8.05. The maximum Gasteiger partial charge on any atom is 0.237 e. The number of para-hydroxylation sites is 1. The number of thioether (sulfide) groups is 1. The molecule has 0 saturated carbocycles. The molecule has 26 heavy (non-hydrogen) atoms. The minimum absolute atomic E-state index is 0.108. The van der Waals surface area contributed by atoms with Gasteiger partial charge in [0, 0.05) is 28.4 Å². The number of pyridine rings is 1. The van der Waals surface area contributed by atoms with Crippen molar-refractivity contribution in [3.8, 4) is 16.9 Å². The van der Waals surface area contributed by atoms with Crippen LogP contribution in [0.1, 0.15) is 26.2 Å². The highest BCUT2D eigenvalue weighted by molar-refractivity contribution is 7.99. The summed E-state index contributed by atoms with van der Waals surface area (Å²) in [5, 5.41) is 2.94. The number of nitrogens with one attached hydrogen (secondary N) is 1. The fraction of sp³-hybridized carbons (Fsp3) is 0.400. The van der Waals surface area contributed by atoms with E-state index in [1.54, 1.807) is 11.8 Å². The molecule has 5 nitrogen and oxygen atoms in total. The molecule has 3 N–H and O–H groups in total. The van der Waals surface area contributed by atoms with Crippen molar-refractivity contribution in [3.63, 3.8) is 0 Å². The third-order valence-corrected chi connectivity index (χ3v) is 5.35. The molecule has 0 saturated heterocycles. The molecular formula is C20H25N3O2S. The molecule has 6 heteroatoms. The first-order valence-electron chi connectivity index (χ1n) is 8.99. The zero-order valence-corrected chi connectivity index (χ0v) is 15.8. The summed E-state index contributed by atoms with van der Waals surface area (Å²) >= 11 is 1.78. The molecule has 1 aliphatic rings. The predicted octanol–water partition coefficient (Wildman–Crippen LogP) is 3.24. The van der Waals surface area contributed by atoms with Crippen LogP contribution in [0.25, 0.3) is 11.1 Å². The van der Waals surface area contributed by atoms with Crippen LogP contribution in [0, 0.1) is 0 Å². The van der Waals surface area contributed by atoms with Gasteiger partial charge in [0.25, 0.3) is 0 Å². The summed E-state index contributed by atoms with van der Waals surface area (Å²) in [7, 11) is 0. The van der Waals surface area contributed by atoms with Gasteiger partial charge in [-0.1, -0.05) is 24.6 Å². The van der Waals surface area contributed by atoms with Crippen LogP contribution in [0.5, 0.6) is 5.75 Å². The van der Waals surface area contributed by atoms with E-state index in [0.717, 1.165) is 40.4 Å². The third-order valence-electron chi connectivity index (χ3n) is 4.30. The van der Waals surface area contributed by atoms with Crippen molar-refractivity contribution in [3.05, 3.63) is 42.7 Å². The lowest BCUT2D eigenvalue weighted by Gasteiger charge is -2.19. The largest absolute Gasteiger partial charge is 0.491 e. The average molecular weight is 372 g/mol. The molecule has 0 unspecified atom stereocenters. The number of aromatic nitrogens is 1. The second kappa shape index (κ2) is 9.05. The molecule has 0 radical (unpaired) electrons. The second-order valence-corrected chi connectivity index (χ2v) is 7.75. The Labute approximate surface area is 158 Å². The van der Waals surface area contributed by atoms with E-state index >= 15 is 0 Å². The molecule has 2 aromatic rings. The fourth-order valence-corrected chi connectivity index (χ4v) is 3.80. The van der Waals surface area contributed by atoms with Crippen molar-refractivity contribution in [2.45, 2.75) is 43.2 Å². The van der Waals surface area contributed by atoms with Gasteiger partial charge in [-0.2, -0.15) is 0 Å². The SMILES string of the molecule is C[C@@H]1COc2ccccc2-c2cncc(c2)SCCCC[C@H](N)C(=O)N1. The maximum atomic E-state index is 12.2. The van der Waals surface area contributed by atoms with Crippen LogP contribution < -0.4 is 15.8 Å². The fourth-order valence-electron chi connectivity index (χ4n) is 2.87. The Morgan fingerprint density at radius 2 is 2.12 bits per heavy atom. The van der Waals surface area contributed by atoms with Crippen molar-refractivity contribution in [2.24, 2.45) is 5.73 Å². The number of nitrogens with zero attached hydrogens (tertiary/aromatic N) is 1. The van der Waals surface area contributed by atoms with Gasteiger partial charge < -0.3 is 15.8 Å². The zero-order valence-electron chi connectivity index (χ0n) is 15.0. The standard InChI is InChI=1S/C20H25N3O2S/c1-14-13-25-19-8-3-2-6-17(19)15-10-16(12-22-11-15)26-9-5-4-7-18(21)20(24)23-14/h2-3,6,8,10-12,14,18H,4-5,7,9,13,21H2,1H3,(H,23,24)/t14-,18+/m1/s1. The van der Waals surface area contributed by atoms with E-state index in [-0.39, 0.29) is 11.9 Å². The summed E-state index contributed by atoms with van der Waals surface area (Å²) in [5.74, 6) is 1.66. The Morgan fingerprint density at radius 1 is 1.27 bits per heavy atom. The first-order valence-corrected chi connectivity index (χ1v) is 9.98. The normalized spacial score (nSPS) is 22.0. The molecule has 2 heterocycles. The molecule has 2 bridgehead atoms. The zero-order chi connectivity index (χ0) is 18.4.